The second kappa shape index (κ2) is 7.19. The highest BCUT2D eigenvalue weighted by Gasteiger charge is 2.39. The van der Waals surface area contributed by atoms with Crippen molar-refractivity contribution in [1.29, 1.82) is 0 Å². The molecule has 1 aliphatic rings. The van der Waals surface area contributed by atoms with Crippen molar-refractivity contribution in [1.82, 2.24) is 19.4 Å². The molecule has 0 aliphatic carbocycles. The molecule has 7 nitrogen and oxygen atoms in total. The van der Waals surface area contributed by atoms with Crippen molar-refractivity contribution < 1.29 is 9.53 Å². The van der Waals surface area contributed by atoms with Crippen LogP contribution in [0, 0.1) is 0 Å². The van der Waals surface area contributed by atoms with Gasteiger partial charge < -0.3 is 19.5 Å². The highest BCUT2D eigenvalue weighted by atomic mass is 35.5. The SMILES string of the molecule is CCN1C(=O)CO[C@@H](CNc2ccncc2Cl)[C@@H]1c1nccn1C. The molecule has 1 saturated heterocycles. The first-order valence-electron chi connectivity index (χ1n) is 7.83. The van der Waals surface area contributed by atoms with Crippen LogP contribution in [-0.2, 0) is 16.6 Å². The maximum atomic E-state index is 12.2. The molecule has 0 unspecified atom stereocenters. The third-order valence-corrected chi connectivity index (χ3v) is 4.46. The third kappa shape index (κ3) is 3.22. The second-order valence-corrected chi connectivity index (χ2v) is 6.01. The summed E-state index contributed by atoms with van der Waals surface area (Å²) in [6.45, 7) is 3.14. The Morgan fingerprint density at radius 2 is 2.29 bits per heavy atom. The number of aryl methyl sites for hydroxylation is 1. The summed E-state index contributed by atoms with van der Waals surface area (Å²) in [7, 11) is 1.92. The number of halogens is 1. The fourth-order valence-electron chi connectivity index (χ4n) is 2.95. The Kier molecular flexibility index (Phi) is 5.01. The van der Waals surface area contributed by atoms with Crippen LogP contribution in [0.4, 0.5) is 5.69 Å². The summed E-state index contributed by atoms with van der Waals surface area (Å²) < 4.78 is 7.73. The number of carbonyl (C=O) groups excluding carboxylic acids is 1. The largest absolute Gasteiger partial charge is 0.381 e. The van der Waals surface area contributed by atoms with E-state index >= 15 is 0 Å². The molecule has 1 amide bonds. The van der Waals surface area contributed by atoms with Crippen LogP contribution in [-0.4, -0.2) is 51.1 Å². The molecule has 1 aliphatic heterocycles. The zero-order valence-electron chi connectivity index (χ0n) is 13.6. The summed E-state index contributed by atoms with van der Waals surface area (Å²) >= 11 is 6.14. The van der Waals surface area contributed by atoms with E-state index in [1.165, 1.54) is 0 Å². The average Bonchev–Trinajstić information content (AvgIpc) is 3.00. The quantitative estimate of drug-likeness (QED) is 0.892. The van der Waals surface area contributed by atoms with Gasteiger partial charge in [0.05, 0.1) is 10.7 Å². The maximum absolute atomic E-state index is 12.2. The lowest BCUT2D eigenvalue weighted by atomic mass is 10.1. The summed E-state index contributed by atoms with van der Waals surface area (Å²) in [5.41, 5.74) is 0.786. The van der Waals surface area contributed by atoms with E-state index in [1.54, 1.807) is 18.6 Å². The van der Waals surface area contributed by atoms with E-state index < -0.39 is 0 Å². The number of hydrogen-bond donors (Lipinski definition) is 1. The number of aromatic nitrogens is 3. The van der Waals surface area contributed by atoms with E-state index in [0.29, 0.717) is 18.1 Å². The monoisotopic (exact) mass is 349 g/mol. The number of carbonyl (C=O) groups is 1. The molecule has 0 spiro atoms. The van der Waals surface area contributed by atoms with Crippen LogP contribution in [0.3, 0.4) is 0 Å². The third-order valence-electron chi connectivity index (χ3n) is 4.16. The van der Waals surface area contributed by atoms with Gasteiger partial charge >= 0.3 is 0 Å². The summed E-state index contributed by atoms with van der Waals surface area (Å²) in [5, 5.41) is 3.83. The fourth-order valence-corrected chi connectivity index (χ4v) is 3.13. The van der Waals surface area contributed by atoms with Crippen molar-refractivity contribution in [3.8, 4) is 0 Å². The zero-order valence-corrected chi connectivity index (χ0v) is 14.4. The number of amides is 1. The average molecular weight is 350 g/mol. The van der Waals surface area contributed by atoms with Gasteiger partial charge in [-0.1, -0.05) is 11.6 Å². The van der Waals surface area contributed by atoms with Gasteiger partial charge in [-0.25, -0.2) is 4.98 Å². The van der Waals surface area contributed by atoms with Crippen LogP contribution in [0.1, 0.15) is 18.8 Å². The Balaban J connectivity index is 1.83. The van der Waals surface area contributed by atoms with E-state index in [-0.39, 0.29) is 24.7 Å². The first-order chi connectivity index (χ1) is 11.6. The van der Waals surface area contributed by atoms with E-state index in [9.17, 15) is 4.79 Å². The number of nitrogens with one attached hydrogen (secondary N) is 1. The molecule has 0 radical (unpaired) electrons. The maximum Gasteiger partial charge on any atom is 0.249 e. The highest BCUT2D eigenvalue weighted by Crippen LogP contribution is 2.29. The number of hydrogen-bond acceptors (Lipinski definition) is 5. The summed E-state index contributed by atoms with van der Waals surface area (Å²) in [4.78, 5) is 22.4. The van der Waals surface area contributed by atoms with Crippen molar-refractivity contribution in [2.75, 3.05) is 25.0 Å². The van der Waals surface area contributed by atoms with Crippen LogP contribution in [0.2, 0.25) is 5.02 Å². The van der Waals surface area contributed by atoms with Gasteiger partial charge in [0.2, 0.25) is 5.91 Å². The van der Waals surface area contributed by atoms with Gasteiger partial charge in [-0.15, -0.1) is 0 Å². The summed E-state index contributed by atoms with van der Waals surface area (Å²) in [5.74, 6) is 0.779. The van der Waals surface area contributed by atoms with E-state index in [1.807, 2.05) is 35.7 Å². The molecule has 8 heteroatoms. The lowest BCUT2D eigenvalue weighted by Gasteiger charge is -2.40. The van der Waals surface area contributed by atoms with E-state index in [0.717, 1.165) is 11.5 Å². The number of imidazole rings is 1. The number of morpholine rings is 1. The Morgan fingerprint density at radius 1 is 1.46 bits per heavy atom. The Hall–Kier alpha value is -2.12. The second-order valence-electron chi connectivity index (χ2n) is 5.61. The zero-order chi connectivity index (χ0) is 17.1. The van der Waals surface area contributed by atoms with Gasteiger partial charge in [0.25, 0.3) is 0 Å². The number of pyridine rings is 1. The molecule has 0 saturated carbocycles. The van der Waals surface area contributed by atoms with Crippen molar-refractivity contribution in [3.05, 3.63) is 41.7 Å². The lowest BCUT2D eigenvalue weighted by molar-refractivity contribution is -0.156. The van der Waals surface area contributed by atoms with Gasteiger partial charge in [0, 0.05) is 44.9 Å². The summed E-state index contributed by atoms with van der Waals surface area (Å²) in [6.07, 6.45) is 6.63. The number of rotatable bonds is 5. The smallest absolute Gasteiger partial charge is 0.249 e. The number of ether oxygens (including phenoxy) is 1. The Morgan fingerprint density at radius 3 is 2.96 bits per heavy atom. The van der Waals surface area contributed by atoms with Crippen molar-refractivity contribution >= 4 is 23.2 Å². The van der Waals surface area contributed by atoms with Crippen molar-refractivity contribution in [2.24, 2.45) is 7.05 Å². The topological polar surface area (TPSA) is 72.3 Å². The predicted molar refractivity (Wildman–Crippen MR) is 90.8 cm³/mol. The van der Waals surface area contributed by atoms with Crippen LogP contribution in [0.25, 0.3) is 0 Å². The fraction of sp³-hybridized carbons (Fsp3) is 0.438. The molecule has 3 rings (SSSR count). The molecular weight excluding hydrogens is 330 g/mol. The molecular formula is C16H20ClN5O2. The van der Waals surface area contributed by atoms with Gasteiger partial charge in [0.1, 0.15) is 24.6 Å². The lowest BCUT2D eigenvalue weighted by Crippen LogP contribution is -2.51. The van der Waals surface area contributed by atoms with Crippen molar-refractivity contribution in [3.63, 3.8) is 0 Å². The number of likely N-dealkylation sites (N-methyl/N-ethyl adjacent to an activating group) is 1. The Labute approximate surface area is 145 Å². The number of anilines is 1. The molecule has 0 aromatic carbocycles. The minimum Gasteiger partial charge on any atom is -0.381 e. The van der Waals surface area contributed by atoms with E-state index in [4.69, 9.17) is 16.3 Å². The molecule has 1 fully saturated rings. The molecule has 2 aromatic rings. The van der Waals surface area contributed by atoms with Gasteiger partial charge in [-0.3, -0.25) is 9.78 Å². The van der Waals surface area contributed by atoms with Crippen molar-refractivity contribution in [2.45, 2.75) is 19.1 Å². The minimum absolute atomic E-state index is 0.0244. The molecule has 3 heterocycles. The van der Waals surface area contributed by atoms with Gasteiger partial charge in [0.15, 0.2) is 0 Å². The van der Waals surface area contributed by atoms with Gasteiger partial charge in [-0.2, -0.15) is 0 Å². The van der Waals surface area contributed by atoms with Crippen LogP contribution >= 0.6 is 11.6 Å². The molecule has 24 heavy (non-hydrogen) atoms. The molecule has 128 valence electrons. The van der Waals surface area contributed by atoms with Gasteiger partial charge in [-0.05, 0) is 13.0 Å². The highest BCUT2D eigenvalue weighted by molar-refractivity contribution is 6.33. The number of nitrogens with zero attached hydrogens (tertiary/aromatic N) is 4. The first kappa shape index (κ1) is 16.7. The van der Waals surface area contributed by atoms with E-state index in [2.05, 4.69) is 15.3 Å². The molecule has 2 atom stereocenters. The summed E-state index contributed by atoms with van der Waals surface area (Å²) in [6, 6.07) is 1.56. The Bertz CT molecular complexity index is 720. The van der Waals surface area contributed by atoms with Crippen LogP contribution in [0.15, 0.2) is 30.9 Å². The predicted octanol–water partition coefficient (Wildman–Crippen LogP) is 1.87. The standard InChI is InChI=1S/C16H20ClN5O2/c1-3-22-14(23)10-24-13(15(22)16-19-6-7-21(16)2)9-20-12-4-5-18-8-11(12)17/h4-8,13,15H,3,9-10H2,1-2H3,(H,18,20)/t13-,15+/m0/s1. The first-order valence-corrected chi connectivity index (χ1v) is 8.21. The molecule has 0 bridgehead atoms. The van der Waals surface area contributed by atoms with Crippen LogP contribution < -0.4 is 5.32 Å². The molecule has 1 N–H and O–H groups in total. The normalized spacial score (nSPS) is 21.1. The minimum atomic E-state index is -0.246. The van der Waals surface area contributed by atoms with Crippen LogP contribution in [0.5, 0.6) is 0 Å². The molecule has 2 aromatic heterocycles.